The molecule has 0 radical (unpaired) electrons. The number of benzene rings is 2. The number of nitrogens with one attached hydrogen (secondary N) is 1. The molecule has 0 aliphatic heterocycles. The molecule has 1 amide bonds. The van der Waals surface area contributed by atoms with Crippen molar-refractivity contribution in [2.24, 2.45) is 0 Å². The van der Waals surface area contributed by atoms with Crippen molar-refractivity contribution in [1.29, 1.82) is 0 Å². The zero-order chi connectivity index (χ0) is 17.6. The number of ketones is 2. The lowest BCUT2D eigenvalue weighted by Gasteiger charge is -2.18. The van der Waals surface area contributed by atoms with Crippen LogP contribution in [0.2, 0.25) is 0 Å². The van der Waals surface area contributed by atoms with Gasteiger partial charge in [0.05, 0.1) is 5.69 Å². The van der Waals surface area contributed by atoms with Crippen LogP contribution in [-0.4, -0.2) is 27.1 Å². The lowest BCUT2D eigenvalue weighted by molar-refractivity contribution is 0.0979. The first kappa shape index (κ1) is 15.3. The predicted octanol–water partition coefficient (Wildman–Crippen LogP) is 2.87. The zero-order valence-corrected chi connectivity index (χ0v) is 13.9. The summed E-state index contributed by atoms with van der Waals surface area (Å²) in [5.74, 6) is -0.759. The molecule has 0 saturated carbocycles. The number of nitrogens with zero attached hydrogens (tertiary/aromatic N) is 2. The number of carbonyl (C=O) groups is 3. The second kappa shape index (κ2) is 5.71. The van der Waals surface area contributed by atoms with E-state index < -0.39 is 0 Å². The Hall–Kier alpha value is -3.19. The SMILES string of the molecule is Cc1nnsc1C(=O)Nc1ccc2c(c1)C(=O)c1ccccc1C2=O. The fourth-order valence-corrected chi connectivity index (χ4v) is 3.36. The Kier molecular flexibility index (Phi) is 3.51. The third-order valence-electron chi connectivity index (χ3n) is 4.04. The molecule has 4 rings (SSSR count). The van der Waals surface area contributed by atoms with Crippen molar-refractivity contribution in [2.75, 3.05) is 5.32 Å². The third-order valence-corrected chi connectivity index (χ3v) is 4.87. The van der Waals surface area contributed by atoms with Gasteiger partial charge < -0.3 is 5.32 Å². The van der Waals surface area contributed by atoms with Crippen molar-refractivity contribution < 1.29 is 14.4 Å². The lowest BCUT2D eigenvalue weighted by atomic mass is 9.84. The molecule has 0 saturated heterocycles. The van der Waals surface area contributed by atoms with E-state index >= 15 is 0 Å². The van der Waals surface area contributed by atoms with Crippen molar-refractivity contribution in [2.45, 2.75) is 6.92 Å². The number of aromatic nitrogens is 2. The predicted molar refractivity (Wildman–Crippen MR) is 92.3 cm³/mol. The third kappa shape index (κ3) is 2.45. The monoisotopic (exact) mass is 349 g/mol. The molecule has 2 aromatic carbocycles. The van der Waals surface area contributed by atoms with Crippen LogP contribution in [0.1, 0.15) is 47.2 Å². The molecule has 0 unspecified atom stereocenters. The van der Waals surface area contributed by atoms with E-state index in [9.17, 15) is 14.4 Å². The first-order chi connectivity index (χ1) is 12.1. The fraction of sp³-hybridized carbons (Fsp3) is 0.0556. The summed E-state index contributed by atoms with van der Waals surface area (Å²) >= 11 is 1.00. The van der Waals surface area contributed by atoms with Crippen LogP contribution in [0.5, 0.6) is 0 Å². The highest BCUT2D eigenvalue weighted by Crippen LogP contribution is 2.29. The zero-order valence-electron chi connectivity index (χ0n) is 13.1. The largest absolute Gasteiger partial charge is 0.321 e. The van der Waals surface area contributed by atoms with Gasteiger partial charge in [-0.2, -0.15) is 0 Å². The summed E-state index contributed by atoms with van der Waals surface area (Å²) in [6.45, 7) is 1.70. The Morgan fingerprint density at radius 1 is 0.960 bits per heavy atom. The van der Waals surface area contributed by atoms with E-state index in [1.165, 1.54) is 6.07 Å². The average Bonchev–Trinajstić information content (AvgIpc) is 3.06. The standard InChI is InChI=1S/C18H11N3O3S/c1-9-17(25-21-20-9)18(24)19-10-6-7-13-14(8-10)16(23)12-5-3-2-4-11(12)15(13)22/h2-8H,1H3,(H,19,24). The Morgan fingerprint density at radius 2 is 1.60 bits per heavy atom. The highest BCUT2D eigenvalue weighted by molar-refractivity contribution is 7.08. The molecule has 25 heavy (non-hydrogen) atoms. The van der Waals surface area contributed by atoms with E-state index in [-0.39, 0.29) is 17.5 Å². The smallest absolute Gasteiger partial charge is 0.269 e. The number of aryl methyl sites for hydroxylation is 1. The van der Waals surface area contributed by atoms with E-state index in [0.717, 1.165) is 11.5 Å². The molecule has 1 aromatic heterocycles. The molecule has 3 aromatic rings. The van der Waals surface area contributed by atoms with Crippen molar-refractivity contribution in [3.63, 3.8) is 0 Å². The van der Waals surface area contributed by atoms with Gasteiger partial charge in [-0.1, -0.05) is 28.8 Å². The first-order valence-electron chi connectivity index (χ1n) is 7.49. The van der Waals surface area contributed by atoms with Crippen molar-refractivity contribution in [1.82, 2.24) is 9.59 Å². The topological polar surface area (TPSA) is 89.0 Å². The number of rotatable bonds is 2. The summed E-state index contributed by atoms with van der Waals surface area (Å²) in [4.78, 5) is 37.9. The lowest BCUT2D eigenvalue weighted by Crippen LogP contribution is -2.21. The van der Waals surface area contributed by atoms with Gasteiger partial charge in [-0.05, 0) is 36.7 Å². The van der Waals surface area contributed by atoms with Crippen LogP contribution in [0, 0.1) is 6.92 Å². The summed E-state index contributed by atoms with van der Waals surface area (Å²) in [6, 6.07) is 11.4. The molecule has 0 atom stereocenters. The van der Waals surface area contributed by atoms with Crippen LogP contribution < -0.4 is 5.32 Å². The van der Waals surface area contributed by atoms with Gasteiger partial charge in [0.25, 0.3) is 5.91 Å². The minimum Gasteiger partial charge on any atom is -0.321 e. The summed E-state index contributed by atoms with van der Waals surface area (Å²) < 4.78 is 3.73. The molecular weight excluding hydrogens is 338 g/mol. The maximum absolute atomic E-state index is 12.7. The Labute approximate surface area is 146 Å². The van der Waals surface area contributed by atoms with Crippen molar-refractivity contribution in [3.05, 3.63) is 75.3 Å². The summed E-state index contributed by atoms with van der Waals surface area (Å²) in [5.41, 5.74) is 2.41. The second-order valence-corrected chi connectivity index (χ2v) is 6.36. The molecule has 1 N–H and O–H groups in total. The summed E-state index contributed by atoms with van der Waals surface area (Å²) in [6.07, 6.45) is 0. The van der Waals surface area contributed by atoms with E-state index in [2.05, 4.69) is 14.9 Å². The molecule has 7 heteroatoms. The van der Waals surface area contributed by atoms with Crippen molar-refractivity contribution in [3.8, 4) is 0 Å². The maximum Gasteiger partial charge on any atom is 0.269 e. The number of anilines is 1. The minimum absolute atomic E-state index is 0.189. The number of carbonyl (C=O) groups excluding carboxylic acids is 3. The van der Waals surface area contributed by atoms with Gasteiger partial charge in [-0.15, -0.1) is 5.10 Å². The molecule has 0 bridgehead atoms. The van der Waals surface area contributed by atoms with E-state index in [4.69, 9.17) is 0 Å². The van der Waals surface area contributed by atoms with Crippen LogP contribution in [0.25, 0.3) is 0 Å². The van der Waals surface area contributed by atoms with Gasteiger partial charge in [-0.3, -0.25) is 14.4 Å². The number of hydrogen-bond acceptors (Lipinski definition) is 6. The normalized spacial score (nSPS) is 12.5. The number of amides is 1. The Bertz CT molecular complexity index is 1060. The van der Waals surface area contributed by atoms with Crippen LogP contribution >= 0.6 is 11.5 Å². The van der Waals surface area contributed by atoms with Crippen LogP contribution in [0.15, 0.2) is 42.5 Å². The Balaban J connectivity index is 1.71. The van der Waals surface area contributed by atoms with Crippen LogP contribution in [-0.2, 0) is 0 Å². The highest BCUT2D eigenvalue weighted by Gasteiger charge is 2.29. The number of fused-ring (bicyclic) bond motifs is 2. The molecule has 1 aliphatic rings. The van der Waals surface area contributed by atoms with E-state index in [1.54, 1.807) is 43.3 Å². The highest BCUT2D eigenvalue weighted by atomic mass is 32.1. The van der Waals surface area contributed by atoms with Gasteiger partial charge in [-0.25, -0.2) is 0 Å². The molecule has 1 aliphatic carbocycles. The maximum atomic E-state index is 12.7. The van der Waals surface area contributed by atoms with Gasteiger partial charge in [0.1, 0.15) is 4.88 Å². The quantitative estimate of drug-likeness (QED) is 0.601. The molecule has 0 spiro atoms. The second-order valence-electron chi connectivity index (χ2n) is 5.61. The van der Waals surface area contributed by atoms with Gasteiger partial charge in [0.15, 0.2) is 11.6 Å². The Morgan fingerprint density at radius 3 is 2.24 bits per heavy atom. The summed E-state index contributed by atoms with van der Waals surface area (Å²) in [7, 11) is 0. The van der Waals surface area contributed by atoms with Gasteiger partial charge >= 0.3 is 0 Å². The number of hydrogen-bond donors (Lipinski definition) is 1. The molecule has 6 nitrogen and oxygen atoms in total. The van der Waals surface area contributed by atoms with Crippen LogP contribution in [0.4, 0.5) is 5.69 Å². The van der Waals surface area contributed by atoms with Crippen molar-refractivity contribution >= 4 is 34.7 Å². The van der Waals surface area contributed by atoms with Crippen LogP contribution in [0.3, 0.4) is 0 Å². The molecular formula is C18H11N3O3S. The molecule has 0 fully saturated rings. The fourth-order valence-electron chi connectivity index (χ4n) is 2.80. The summed E-state index contributed by atoms with van der Waals surface area (Å²) in [5, 5.41) is 6.53. The first-order valence-corrected chi connectivity index (χ1v) is 8.26. The van der Waals surface area contributed by atoms with E-state index in [1.807, 2.05) is 0 Å². The average molecular weight is 349 g/mol. The van der Waals surface area contributed by atoms with Gasteiger partial charge in [0.2, 0.25) is 0 Å². The van der Waals surface area contributed by atoms with E-state index in [0.29, 0.717) is 38.5 Å². The molecule has 1 heterocycles. The molecule has 122 valence electrons. The van der Waals surface area contributed by atoms with Gasteiger partial charge in [0, 0.05) is 27.9 Å². The minimum atomic E-state index is -0.345.